The Bertz CT molecular complexity index is 631. The Morgan fingerprint density at radius 1 is 1.42 bits per heavy atom. The number of aliphatic hydroxyl groups excluding tert-OH is 1. The van der Waals surface area contributed by atoms with E-state index in [1.165, 1.54) is 12.1 Å². The lowest BCUT2D eigenvalue weighted by Gasteiger charge is -2.17. The van der Waals surface area contributed by atoms with Gasteiger partial charge >= 0.3 is 0 Å². The van der Waals surface area contributed by atoms with E-state index in [2.05, 4.69) is 11.8 Å². The van der Waals surface area contributed by atoms with Crippen molar-refractivity contribution >= 4 is 15.7 Å². The monoisotopic (exact) mass is 283 g/mol. The predicted octanol–water partition coefficient (Wildman–Crippen LogP) is 1.10. The summed E-state index contributed by atoms with van der Waals surface area (Å²) in [4.78, 5) is 0. The van der Waals surface area contributed by atoms with Crippen molar-refractivity contribution in [3.05, 3.63) is 29.6 Å². The Balaban J connectivity index is 2.28. The number of hydrogen-bond acceptors (Lipinski definition) is 3. The maximum absolute atomic E-state index is 13.9. The van der Waals surface area contributed by atoms with Crippen molar-refractivity contribution in [1.82, 2.24) is 0 Å². The Hall–Kier alpha value is -1.58. The first-order valence-corrected chi connectivity index (χ1v) is 7.55. The highest BCUT2D eigenvalue weighted by Gasteiger charge is 2.30. The summed E-state index contributed by atoms with van der Waals surface area (Å²) >= 11 is 0. The van der Waals surface area contributed by atoms with Crippen molar-refractivity contribution in [2.45, 2.75) is 12.8 Å². The molecular formula is C13H14FNO3S. The van der Waals surface area contributed by atoms with Gasteiger partial charge in [-0.25, -0.2) is 12.8 Å². The van der Waals surface area contributed by atoms with Crippen LogP contribution >= 0.6 is 0 Å². The van der Waals surface area contributed by atoms with E-state index in [0.717, 1.165) is 4.31 Å². The van der Waals surface area contributed by atoms with Gasteiger partial charge in [0.2, 0.25) is 10.0 Å². The first-order chi connectivity index (χ1) is 9.04. The molecule has 0 aromatic heterocycles. The normalized spacial score (nSPS) is 17.1. The summed E-state index contributed by atoms with van der Waals surface area (Å²) in [5, 5.41) is 8.59. The van der Waals surface area contributed by atoms with Crippen molar-refractivity contribution in [2.24, 2.45) is 0 Å². The second-order valence-corrected chi connectivity index (χ2v) is 6.20. The summed E-state index contributed by atoms with van der Waals surface area (Å²) in [5.41, 5.74) is 0.538. The Morgan fingerprint density at radius 3 is 2.79 bits per heavy atom. The Labute approximate surface area is 111 Å². The van der Waals surface area contributed by atoms with E-state index in [0.29, 0.717) is 24.9 Å². The van der Waals surface area contributed by atoms with E-state index < -0.39 is 15.8 Å². The predicted molar refractivity (Wildman–Crippen MR) is 70.7 cm³/mol. The first-order valence-electron chi connectivity index (χ1n) is 5.94. The smallest absolute Gasteiger partial charge is 0.235 e. The van der Waals surface area contributed by atoms with Crippen LogP contribution in [0.4, 0.5) is 10.1 Å². The number of nitrogens with zero attached hydrogens (tertiary/aromatic N) is 1. The first kappa shape index (κ1) is 13.8. The van der Waals surface area contributed by atoms with Crippen molar-refractivity contribution in [1.29, 1.82) is 0 Å². The number of hydrogen-bond donors (Lipinski definition) is 1. The van der Waals surface area contributed by atoms with E-state index >= 15 is 0 Å². The Kier molecular flexibility index (Phi) is 4.08. The maximum atomic E-state index is 13.9. The second kappa shape index (κ2) is 5.59. The quantitative estimate of drug-likeness (QED) is 0.827. The van der Waals surface area contributed by atoms with Crippen molar-refractivity contribution < 1.29 is 17.9 Å². The molecule has 1 aromatic carbocycles. The van der Waals surface area contributed by atoms with Gasteiger partial charge in [-0.3, -0.25) is 4.31 Å². The molecule has 1 heterocycles. The topological polar surface area (TPSA) is 57.6 Å². The molecule has 0 radical (unpaired) electrons. The lowest BCUT2D eigenvalue weighted by Crippen LogP contribution is -2.26. The highest BCUT2D eigenvalue weighted by atomic mass is 32.2. The molecule has 1 fully saturated rings. The fourth-order valence-corrected chi connectivity index (χ4v) is 3.49. The van der Waals surface area contributed by atoms with Gasteiger partial charge in [0.25, 0.3) is 0 Å². The van der Waals surface area contributed by atoms with E-state index in [1.807, 2.05) is 0 Å². The minimum Gasteiger partial charge on any atom is -0.395 e. The molecule has 0 saturated carbocycles. The van der Waals surface area contributed by atoms with Crippen LogP contribution in [0.1, 0.15) is 18.4 Å². The summed E-state index contributed by atoms with van der Waals surface area (Å²) in [6.07, 6.45) is 0.837. The van der Waals surface area contributed by atoms with E-state index in [9.17, 15) is 12.8 Å². The molecule has 102 valence electrons. The van der Waals surface area contributed by atoms with Crippen molar-refractivity contribution in [3.63, 3.8) is 0 Å². The molecule has 0 amide bonds. The minimum atomic E-state index is -3.37. The summed E-state index contributed by atoms with van der Waals surface area (Å²) in [6.45, 7) is 0.272. The van der Waals surface area contributed by atoms with Crippen LogP contribution < -0.4 is 4.31 Å². The van der Waals surface area contributed by atoms with Crippen molar-refractivity contribution in [2.75, 3.05) is 23.2 Å². The number of halogens is 1. The molecule has 1 aromatic rings. The van der Waals surface area contributed by atoms with Gasteiger partial charge in [0.15, 0.2) is 0 Å². The third kappa shape index (κ3) is 3.06. The van der Waals surface area contributed by atoms with Gasteiger partial charge in [0.1, 0.15) is 5.82 Å². The number of aliphatic hydroxyl groups is 1. The van der Waals surface area contributed by atoms with E-state index in [4.69, 9.17) is 5.11 Å². The maximum Gasteiger partial charge on any atom is 0.235 e. The molecule has 0 bridgehead atoms. The molecule has 1 aliphatic heterocycles. The zero-order valence-electron chi connectivity index (χ0n) is 10.3. The molecule has 1 saturated heterocycles. The molecule has 19 heavy (non-hydrogen) atoms. The largest absolute Gasteiger partial charge is 0.395 e. The summed E-state index contributed by atoms with van der Waals surface area (Å²) < 4.78 is 38.5. The molecule has 1 N–H and O–H groups in total. The van der Waals surface area contributed by atoms with Gasteiger partial charge in [-0.2, -0.15) is 0 Å². The molecule has 0 aliphatic carbocycles. The summed E-state index contributed by atoms with van der Waals surface area (Å²) in [5.74, 6) is 4.86. The fraction of sp³-hybridized carbons (Fsp3) is 0.385. The van der Waals surface area contributed by atoms with Gasteiger partial charge < -0.3 is 5.11 Å². The van der Waals surface area contributed by atoms with Crippen LogP contribution in [0.2, 0.25) is 0 Å². The van der Waals surface area contributed by atoms with Gasteiger partial charge in [-0.1, -0.05) is 11.8 Å². The van der Waals surface area contributed by atoms with Crippen LogP contribution in [0.3, 0.4) is 0 Å². The van der Waals surface area contributed by atoms with Gasteiger partial charge in [-0.05, 0) is 24.6 Å². The standard InChI is InChI=1S/C13H14FNO3S/c14-12-10-11(4-1-2-8-16)5-6-13(12)15-7-3-9-19(15,17)18/h5-6,10,16H,2-3,7-9H2. The molecule has 6 heteroatoms. The number of rotatable bonds is 2. The van der Waals surface area contributed by atoms with E-state index in [-0.39, 0.29) is 18.0 Å². The lowest BCUT2D eigenvalue weighted by atomic mass is 10.2. The SMILES string of the molecule is O=S1(=O)CCCN1c1ccc(C#CCCO)cc1F. The van der Waals surface area contributed by atoms with Gasteiger partial charge in [0.05, 0.1) is 18.0 Å². The summed E-state index contributed by atoms with van der Waals surface area (Å²) in [7, 11) is -3.37. The third-order valence-electron chi connectivity index (χ3n) is 2.79. The molecule has 0 spiro atoms. The number of sulfonamides is 1. The number of anilines is 1. The lowest BCUT2D eigenvalue weighted by molar-refractivity contribution is 0.305. The third-order valence-corrected chi connectivity index (χ3v) is 4.64. The Morgan fingerprint density at radius 2 is 2.21 bits per heavy atom. The van der Waals surface area contributed by atoms with Gasteiger partial charge in [0, 0.05) is 18.5 Å². The zero-order valence-corrected chi connectivity index (χ0v) is 11.1. The average molecular weight is 283 g/mol. The highest BCUT2D eigenvalue weighted by Crippen LogP contribution is 2.27. The van der Waals surface area contributed by atoms with Crippen LogP contribution in [0.25, 0.3) is 0 Å². The molecule has 2 rings (SSSR count). The molecule has 0 atom stereocenters. The molecular weight excluding hydrogens is 269 g/mol. The van der Waals surface area contributed by atoms with Crippen LogP contribution in [0.5, 0.6) is 0 Å². The van der Waals surface area contributed by atoms with Crippen molar-refractivity contribution in [3.8, 4) is 11.8 Å². The van der Waals surface area contributed by atoms with E-state index in [1.54, 1.807) is 6.07 Å². The molecule has 0 unspecified atom stereocenters. The number of benzene rings is 1. The highest BCUT2D eigenvalue weighted by molar-refractivity contribution is 7.93. The molecule has 1 aliphatic rings. The average Bonchev–Trinajstić information content (AvgIpc) is 2.70. The van der Waals surface area contributed by atoms with Crippen LogP contribution in [-0.4, -0.2) is 32.4 Å². The van der Waals surface area contributed by atoms with Gasteiger partial charge in [-0.15, -0.1) is 0 Å². The van der Waals surface area contributed by atoms with Crippen LogP contribution in [0, 0.1) is 17.7 Å². The zero-order chi connectivity index (χ0) is 13.9. The molecule has 4 nitrogen and oxygen atoms in total. The summed E-state index contributed by atoms with van der Waals surface area (Å²) in [6, 6.07) is 4.23. The van der Waals surface area contributed by atoms with Crippen LogP contribution in [0.15, 0.2) is 18.2 Å². The van der Waals surface area contributed by atoms with Crippen LogP contribution in [-0.2, 0) is 10.0 Å². The second-order valence-electron chi connectivity index (χ2n) is 4.18. The minimum absolute atomic E-state index is 0.0421. The fourth-order valence-electron chi connectivity index (χ4n) is 1.92.